The van der Waals surface area contributed by atoms with Crippen LogP contribution in [0.3, 0.4) is 0 Å². The second-order valence-electron chi connectivity index (χ2n) is 7.31. The molecule has 4 rings (SSSR count). The number of rotatable bonds is 9. The highest BCUT2D eigenvalue weighted by molar-refractivity contribution is 8.00. The second-order valence-corrected chi connectivity index (χ2v) is 9.44. The van der Waals surface area contributed by atoms with Gasteiger partial charge < -0.3 is 15.4 Å². The monoisotopic (exact) mass is 488 g/mol. The van der Waals surface area contributed by atoms with Crippen molar-refractivity contribution in [2.75, 3.05) is 17.2 Å². The van der Waals surface area contributed by atoms with Crippen LogP contribution in [0.4, 0.5) is 11.4 Å². The molecule has 2 N–H and O–H groups in total. The average molecular weight is 489 g/mol. The molecule has 3 aromatic carbocycles. The van der Waals surface area contributed by atoms with Gasteiger partial charge in [-0.15, -0.1) is 23.1 Å². The number of hydrogen-bond acceptors (Lipinski definition) is 5. The van der Waals surface area contributed by atoms with E-state index < -0.39 is 5.25 Å². The van der Waals surface area contributed by atoms with Crippen LogP contribution in [0.25, 0.3) is 0 Å². The third-order valence-electron chi connectivity index (χ3n) is 4.86. The smallest absolute Gasteiger partial charge is 0.265 e. The van der Waals surface area contributed by atoms with Crippen LogP contribution in [0.5, 0.6) is 5.75 Å². The van der Waals surface area contributed by atoms with Gasteiger partial charge in [0, 0.05) is 16.3 Å². The van der Waals surface area contributed by atoms with E-state index in [4.69, 9.17) is 4.74 Å². The van der Waals surface area contributed by atoms with Crippen molar-refractivity contribution in [2.24, 2.45) is 0 Å². The Kier molecular flexibility index (Phi) is 8.01. The number of thiophene rings is 1. The Morgan fingerprint density at radius 2 is 1.68 bits per heavy atom. The van der Waals surface area contributed by atoms with Gasteiger partial charge in [0.15, 0.2) is 0 Å². The molecule has 172 valence electrons. The van der Waals surface area contributed by atoms with E-state index in [1.165, 1.54) is 23.1 Å². The van der Waals surface area contributed by atoms with Gasteiger partial charge in [-0.05, 0) is 66.4 Å². The fourth-order valence-electron chi connectivity index (χ4n) is 3.29. The Hall–Kier alpha value is -3.55. The standard InChI is InChI=1S/C27H24N2O3S2/c1-2-32-22-15-13-20(14-16-22)28-27(31)25(19-8-4-3-5-9-19)34-23-11-6-10-21(18-23)29-26(30)24-12-7-17-33-24/h3-18,25H,2H2,1H3,(H,28,31)(H,29,30). The van der Waals surface area contributed by atoms with Gasteiger partial charge in [0.25, 0.3) is 5.91 Å². The number of nitrogens with one attached hydrogen (secondary N) is 2. The molecule has 0 fully saturated rings. The molecule has 0 aliphatic heterocycles. The predicted molar refractivity (Wildman–Crippen MR) is 140 cm³/mol. The molecule has 0 aliphatic rings. The Labute approximate surface area is 207 Å². The molecule has 0 saturated heterocycles. The van der Waals surface area contributed by atoms with Gasteiger partial charge in [-0.25, -0.2) is 0 Å². The third-order valence-corrected chi connectivity index (χ3v) is 6.98. The lowest BCUT2D eigenvalue weighted by atomic mass is 10.1. The first kappa shape index (κ1) is 23.6. The third kappa shape index (κ3) is 6.27. The molecule has 1 unspecified atom stereocenters. The molecule has 1 atom stereocenters. The lowest BCUT2D eigenvalue weighted by Gasteiger charge is -2.18. The van der Waals surface area contributed by atoms with E-state index in [1.54, 1.807) is 6.07 Å². The van der Waals surface area contributed by atoms with Crippen molar-refractivity contribution < 1.29 is 14.3 Å². The first-order valence-corrected chi connectivity index (χ1v) is 12.6. The summed E-state index contributed by atoms with van der Waals surface area (Å²) in [6.45, 7) is 2.52. The zero-order chi connectivity index (χ0) is 23.8. The summed E-state index contributed by atoms with van der Waals surface area (Å²) in [6, 6.07) is 28.2. The zero-order valence-corrected chi connectivity index (χ0v) is 20.2. The predicted octanol–water partition coefficient (Wildman–Crippen LogP) is 6.87. The van der Waals surface area contributed by atoms with Crippen molar-refractivity contribution in [1.29, 1.82) is 0 Å². The highest BCUT2D eigenvalue weighted by Crippen LogP contribution is 2.37. The normalized spacial score (nSPS) is 11.4. The number of ether oxygens (including phenoxy) is 1. The summed E-state index contributed by atoms with van der Waals surface area (Å²) >= 11 is 2.83. The lowest BCUT2D eigenvalue weighted by Crippen LogP contribution is -2.19. The molecule has 1 aromatic heterocycles. The van der Waals surface area contributed by atoms with Crippen molar-refractivity contribution in [1.82, 2.24) is 0 Å². The molecule has 1 heterocycles. The van der Waals surface area contributed by atoms with E-state index in [0.29, 0.717) is 22.9 Å². The highest BCUT2D eigenvalue weighted by atomic mass is 32.2. The maximum atomic E-state index is 13.3. The second kappa shape index (κ2) is 11.5. The maximum Gasteiger partial charge on any atom is 0.265 e. The molecule has 0 bridgehead atoms. The van der Waals surface area contributed by atoms with Gasteiger partial charge in [-0.3, -0.25) is 9.59 Å². The fraction of sp³-hybridized carbons (Fsp3) is 0.111. The van der Waals surface area contributed by atoms with Crippen molar-refractivity contribution in [3.63, 3.8) is 0 Å². The van der Waals surface area contributed by atoms with E-state index in [9.17, 15) is 9.59 Å². The molecule has 0 saturated carbocycles. The van der Waals surface area contributed by atoms with Gasteiger partial charge in [0.2, 0.25) is 5.91 Å². The Balaban J connectivity index is 1.51. The average Bonchev–Trinajstić information content (AvgIpc) is 3.40. The molecule has 7 heteroatoms. The summed E-state index contributed by atoms with van der Waals surface area (Å²) in [4.78, 5) is 27.3. The van der Waals surface area contributed by atoms with Crippen LogP contribution in [0.15, 0.2) is 101 Å². The van der Waals surface area contributed by atoms with E-state index in [2.05, 4.69) is 10.6 Å². The number of anilines is 2. The van der Waals surface area contributed by atoms with E-state index in [0.717, 1.165) is 16.2 Å². The van der Waals surface area contributed by atoms with Crippen molar-refractivity contribution >= 4 is 46.3 Å². The summed E-state index contributed by atoms with van der Waals surface area (Å²) in [5.41, 5.74) is 2.28. The Morgan fingerprint density at radius 3 is 2.38 bits per heavy atom. The number of benzene rings is 3. The van der Waals surface area contributed by atoms with Crippen LogP contribution in [-0.4, -0.2) is 18.4 Å². The SMILES string of the molecule is CCOc1ccc(NC(=O)C(Sc2cccc(NC(=O)c3cccs3)c2)c2ccccc2)cc1. The van der Waals surface area contributed by atoms with Crippen LogP contribution in [0.2, 0.25) is 0 Å². The molecule has 0 spiro atoms. The molecule has 5 nitrogen and oxygen atoms in total. The first-order valence-electron chi connectivity index (χ1n) is 10.8. The molecule has 34 heavy (non-hydrogen) atoms. The Morgan fingerprint density at radius 1 is 0.882 bits per heavy atom. The molecule has 4 aromatic rings. The van der Waals surface area contributed by atoms with E-state index in [1.807, 2.05) is 97.2 Å². The number of carbonyl (C=O) groups is 2. The van der Waals surface area contributed by atoms with E-state index >= 15 is 0 Å². The zero-order valence-electron chi connectivity index (χ0n) is 18.6. The first-order chi connectivity index (χ1) is 16.6. The Bertz CT molecular complexity index is 1230. The fourth-order valence-corrected chi connectivity index (χ4v) is 5.00. The molecule has 2 amide bonds. The summed E-state index contributed by atoms with van der Waals surface area (Å²) in [5, 5.41) is 7.33. The molecule has 0 radical (unpaired) electrons. The quantitative estimate of drug-likeness (QED) is 0.252. The minimum Gasteiger partial charge on any atom is -0.494 e. The number of thioether (sulfide) groups is 1. The summed E-state index contributed by atoms with van der Waals surface area (Å²) in [7, 11) is 0. The van der Waals surface area contributed by atoms with E-state index in [-0.39, 0.29) is 11.8 Å². The van der Waals surface area contributed by atoms with Crippen LogP contribution >= 0.6 is 23.1 Å². The van der Waals surface area contributed by atoms with Gasteiger partial charge in [0.1, 0.15) is 11.0 Å². The topological polar surface area (TPSA) is 67.4 Å². The minimum absolute atomic E-state index is 0.131. The van der Waals surface area contributed by atoms with Crippen LogP contribution < -0.4 is 15.4 Å². The van der Waals surface area contributed by atoms with Gasteiger partial charge in [-0.1, -0.05) is 42.5 Å². The van der Waals surface area contributed by atoms with Crippen molar-refractivity contribution in [2.45, 2.75) is 17.1 Å². The molecular formula is C27H24N2O3S2. The van der Waals surface area contributed by atoms with Crippen LogP contribution in [-0.2, 0) is 4.79 Å². The van der Waals surface area contributed by atoms with Crippen LogP contribution in [0, 0.1) is 0 Å². The summed E-state index contributed by atoms with van der Waals surface area (Å²) < 4.78 is 5.48. The maximum absolute atomic E-state index is 13.3. The molecule has 0 aliphatic carbocycles. The van der Waals surface area contributed by atoms with Gasteiger partial charge in [0.05, 0.1) is 11.5 Å². The van der Waals surface area contributed by atoms with Crippen molar-refractivity contribution in [3.8, 4) is 5.75 Å². The summed E-state index contributed by atoms with van der Waals surface area (Å²) in [6.07, 6.45) is 0. The van der Waals surface area contributed by atoms with Gasteiger partial charge in [-0.2, -0.15) is 0 Å². The minimum atomic E-state index is -0.476. The highest BCUT2D eigenvalue weighted by Gasteiger charge is 2.22. The van der Waals surface area contributed by atoms with Gasteiger partial charge >= 0.3 is 0 Å². The molecular weight excluding hydrogens is 464 g/mol. The lowest BCUT2D eigenvalue weighted by molar-refractivity contribution is -0.115. The number of hydrogen-bond donors (Lipinski definition) is 2. The van der Waals surface area contributed by atoms with Crippen LogP contribution in [0.1, 0.15) is 27.4 Å². The van der Waals surface area contributed by atoms with Crippen molar-refractivity contribution in [3.05, 3.63) is 107 Å². The summed E-state index contributed by atoms with van der Waals surface area (Å²) in [5.74, 6) is 0.481. The largest absolute Gasteiger partial charge is 0.494 e. The number of amides is 2. The number of carbonyl (C=O) groups excluding carboxylic acids is 2.